The van der Waals surface area contributed by atoms with Crippen LogP contribution in [-0.2, 0) is 0 Å². The fourth-order valence-electron chi connectivity index (χ4n) is 0.992. The number of rotatable bonds is 1. The zero-order valence-electron chi connectivity index (χ0n) is 6.75. The van der Waals surface area contributed by atoms with E-state index in [2.05, 4.69) is 14.8 Å². The third kappa shape index (κ3) is 1.40. The van der Waals surface area contributed by atoms with E-state index >= 15 is 0 Å². The zero-order chi connectivity index (χ0) is 9.10. The minimum Gasteiger partial charge on any atom is -0.291 e. The lowest BCUT2D eigenvalue weighted by molar-refractivity contribution is 0.995. The Bertz CT molecular complexity index is 422. The highest BCUT2D eigenvalue weighted by atomic mass is 15.1. The van der Waals surface area contributed by atoms with E-state index in [-0.39, 0.29) is 0 Å². The van der Waals surface area contributed by atoms with Gasteiger partial charge in [-0.25, -0.2) is 9.83 Å². The molecule has 0 fully saturated rings. The van der Waals surface area contributed by atoms with Gasteiger partial charge in [-0.3, -0.25) is 9.55 Å². The summed E-state index contributed by atoms with van der Waals surface area (Å²) >= 11 is 0. The van der Waals surface area contributed by atoms with Crippen LogP contribution in [0, 0.1) is 6.57 Å². The van der Waals surface area contributed by atoms with Crippen molar-refractivity contribution >= 4 is 5.69 Å². The minimum absolute atomic E-state index is 0.545. The fraction of sp³-hybridized carbons (Fsp3) is 0. The van der Waals surface area contributed by atoms with E-state index in [1.54, 1.807) is 41.6 Å². The highest BCUT2D eigenvalue weighted by molar-refractivity contribution is 5.44. The molecule has 2 heterocycles. The van der Waals surface area contributed by atoms with Crippen LogP contribution in [0.5, 0.6) is 0 Å². The molecule has 0 unspecified atom stereocenters. The summed E-state index contributed by atoms with van der Waals surface area (Å²) in [6.07, 6.45) is 6.70. The number of aromatic nitrogens is 3. The maximum Gasteiger partial charge on any atom is 0.205 e. The van der Waals surface area contributed by atoms with Crippen LogP contribution in [-0.4, -0.2) is 14.5 Å². The van der Waals surface area contributed by atoms with E-state index in [0.29, 0.717) is 5.69 Å². The van der Waals surface area contributed by atoms with E-state index in [1.165, 1.54) is 0 Å². The molecule has 0 aliphatic rings. The van der Waals surface area contributed by atoms with Crippen molar-refractivity contribution in [3.05, 3.63) is 48.5 Å². The van der Waals surface area contributed by atoms with Crippen molar-refractivity contribution in [2.24, 2.45) is 0 Å². The number of hydrogen-bond acceptors (Lipinski definition) is 2. The molecule has 0 N–H and O–H groups in total. The Labute approximate surface area is 75.3 Å². The fourth-order valence-corrected chi connectivity index (χ4v) is 0.992. The maximum absolute atomic E-state index is 6.75. The molecule has 0 aliphatic heterocycles. The van der Waals surface area contributed by atoms with Crippen molar-refractivity contribution in [1.29, 1.82) is 0 Å². The molecule has 4 heteroatoms. The predicted octanol–water partition coefficient (Wildman–Crippen LogP) is 1.82. The maximum atomic E-state index is 6.75. The van der Waals surface area contributed by atoms with Gasteiger partial charge in [-0.15, -0.1) is 0 Å². The van der Waals surface area contributed by atoms with E-state index in [4.69, 9.17) is 6.57 Å². The molecule has 0 radical (unpaired) electrons. The second-order valence-corrected chi connectivity index (χ2v) is 2.46. The summed E-state index contributed by atoms with van der Waals surface area (Å²) in [6, 6.07) is 3.52. The van der Waals surface area contributed by atoms with Crippen molar-refractivity contribution in [3.8, 4) is 5.82 Å². The second kappa shape index (κ2) is 3.07. The number of pyridine rings is 1. The van der Waals surface area contributed by atoms with Crippen LogP contribution in [0.2, 0.25) is 0 Å². The lowest BCUT2D eigenvalue weighted by Gasteiger charge is -1.98. The standard InChI is InChI=1S/C9H6N4/c1-10-8-2-3-9(12-6-8)13-5-4-11-7-13/h2-7H. The Kier molecular flexibility index (Phi) is 1.77. The predicted molar refractivity (Wildman–Crippen MR) is 47.6 cm³/mol. The van der Waals surface area contributed by atoms with Crippen molar-refractivity contribution < 1.29 is 0 Å². The SMILES string of the molecule is [C-]#[N+]c1ccc(-n2ccnc2)nc1. The second-order valence-electron chi connectivity index (χ2n) is 2.46. The molecular weight excluding hydrogens is 164 g/mol. The third-order valence-electron chi connectivity index (χ3n) is 1.63. The van der Waals surface area contributed by atoms with Gasteiger partial charge >= 0.3 is 0 Å². The molecule has 0 atom stereocenters. The molecule has 0 saturated heterocycles. The van der Waals surface area contributed by atoms with Crippen LogP contribution in [0.15, 0.2) is 37.1 Å². The largest absolute Gasteiger partial charge is 0.291 e. The van der Waals surface area contributed by atoms with Gasteiger partial charge in [0.15, 0.2) is 0 Å². The Morgan fingerprint density at radius 3 is 2.85 bits per heavy atom. The van der Waals surface area contributed by atoms with Crippen LogP contribution < -0.4 is 0 Å². The summed E-state index contributed by atoms with van der Waals surface area (Å²) < 4.78 is 1.79. The third-order valence-corrected chi connectivity index (χ3v) is 1.63. The number of hydrogen-bond donors (Lipinski definition) is 0. The van der Waals surface area contributed by atoms with E-state index in [0.717, 1.165) is 5.82 Å². The van der Waals surface area contributed by atoms with Crippen molar-refractivity contribution in [2.75, 3.05) is 0 Å². The first kappa shape index (κ1) is 7.50. The number of nitrogens with zero attached hydrogens (tertiary/aromatic N) is 4. The van der Waals surface area contributed by atoms with E-state index in [1.807, 2.05) is 0 Å². The Balaban J connectivity index is 2.40. The van der Waals surface area contributed by atoms with Crippen LogP contribution >= 0.6 is 0 Å². The van der Waals surface area contributed by atoms with Gasteiger partial charge in [-0.05, 0) is 6.07 Å². The normalized spacial score (nSPS) is 9.46. The van der Waals surface area contributed by atoms with Crippen molar-refractivity contribution in [2.45, 2.75) is 0 Å². The molecule has 2 aromatic heterocycles. The zero-order valence-corrected chi connectivity index (χ0v) is 6.75. The molecule has 0 aliphatic carbocycles. The van der Waals surface area contributed by atoms with Gasteiger partial charge in [0.2, 0.25) is 5.69 Å². The summed E-state index contributed by atoms with van der Waals surface area (Å²) in [5.41, 5.74) is 0.545. The summed E-state index contributed by atoms with van der Waals surface area (Å²) in [6.45, 7) is 6.75. The van der Waals surface area contributed by atoms with E-state index in [9.17, 15) is 0 Å². The minimum atomic E-state index is 0.545. The van der Waals surface area contributed by atoms with Gasteiger partial charge in [0.1, 0.15) is 12.1 Å². The van der Waals surface area contributed by atoms with Gasteiger partial charge in [0.25, 0.3) is 0 Å². The van der Waals surface area contributed by atoms with Crippen LogP contribution in [0.3, 0.4) is 0 Å². The molecule has 0 spiro atoms. The highest BCUT2D eigenvalue weighted by Crippen LogP contribution is 2.11. The van der Waals surface area contributed by atoms with Gasteiger partial charge in [-0.2, -0.15) is 0 Å². The first-order chi connectivity index (χ1) is 6.40. The summed E-state index contributed by atoms with van der Waals surface area (Å²) in [5.74, 6) is 0.768. The van der Waals surface area contributed by atoms with Gasteiger partial charge in [0, 0.05) is 18.6 Å². The lowest BCUT2D eigenvalue weighted by Crippen LogP contribution is -1.91. The molecular formula is C9H6N4. The summed E-state index contributed by atoms with van der Waals surface area (Å²) in [4.78, 5) is 11.3. The smallest absolute Gasteiger partial charge is 0.205 e. The molecule has 0 saturated carbocycles. The average molecular weight is 170 g/mol. The lowest BCUT2D eigenvalue weighted by atomic mass is 10.4. The quantitative estimate of drug-likeness (QED) is 0.612. The first-order valence-electron chi connectivity index (χ1n) is 3.72. The highest BCUT2D eigenvalue weighted by Gasteiger charge is 1.95. The molecule has 13 heavy (non-hydrogen) atoms. The molecule has 0 amide bonds. The molecule has 4 nitrogen and oxygen atoms in total. The molecule has 0 aromatic carbocycles. The van der Waals surface area contributed by atoms with Crippen LogP contribution in [0.1, 0.15) is 0 Å². The molecule has 2 aromatic rings. The van der Waals surface area contributed by atoms with Gasteiger partial charge in [0.05, 0.1) is 6.57 Å². The van der Waals surface area contributed by atoms with E-state index < -0.39 is 0 Å². The summed E-state index contributed by atoms with van der Waals surface area (Å²) in [7, 11) is 0. The van der Waals surface area contributed by atoms with Crippen molar-refractivity contribution in [1.82, 2.24) is 14.5 Å². The average Bonchev–Trinajstić information content (AvgIpc) is 2.71. The monoisotopic (exact) mass is 170 g/mol. The van der Waals surface area contributed by atoms with Gasteiger partial charge < -0.3 is 0 Å². The van der Waals surface area contributed by atoms with Crippen molar-refractivity contribution in [3.63, 3.8) is 0 Å². The Morgan fingerprint density at radius 2 is 2.31 bits per heavy atom. The van der Waals surface area contributed by atoms with Gasteiger partial charge in [-0.1, -0.05) is 6.07 Å². The molecule has 62 valence electrons. The number of imidazole rings is 1. The molecule has 0 bridgehead atoms. The Hall–Kier alpha value is -2.15. The van der Waals surface area contributed by atoms with Crippen LogP contribution in [0.25, 0.3) is 10.7 Å². The first-order valence-corrected chi connectivity index (χ1v) is 3.72. The van der Waals surface area contributed by atoms with Crippen LogP contribution in [0.4, 0.5) is 5.69 Å². The summed E-state index contributed by atoms with van der Waals surface area (Å²) in [5, 5.41) is 0. The topological polar surface area (TPSA) is 35.1 Å². The molecule has 2 rings (SSSR count). The Morgan fingerprint density at radius 1 is 1.38 bits per heavy atom.